The summed E-state index contributed by atoms with van der Waals surface area (Å²) in [6.07, 6.45) is -19.0. The minimum Gasteiger partial charge on any atom is -0.444 e. The molecule has 3 amide bonds. The van der Waals surface area contributed by atoms with Crippen LogP contribution in [0.4, 0.5) is 4.79 Å². The van der Waals surface area contributed by atoms with Gasteiger partial charge in [-0.2, -0.15) is 0 Å². The van der Waals surface area contributed by atoms with Crippen molar-refractivity contribution in [2.24, 2.45) is 57.3 Å². The van der Waals surface area contributed by atoms with Crippen molar-refractivity contribution in [1.29, 1.82) is 0 Å². The second kappa shape index (κ2) is 33.6. The average molecular weight is 1400 g/mol. The summed E-state index contributed by atoms with van der Waals surface area (Å²) < 4.78 is 77.7. The third-order valence-corrected chi connectivity index (χ3v) is 19.6. The van der Waals surface area contributed by atoms with Crippen LogP contribution in [0.1, 0.15) is 85.0 Å². The molecule has 0 unspecified atom stereocenters. The summed E-state index contributed by atoms with van der Waals surface area (Å²) in [6.45, 7) is 4.42. The number of aliphatic hydroxyl groups is 8. The largest absolute Gasteiger partial charge is 0.444 e. The zero-order chi connectivity index (χ0) is 70.6. The van der Waals surface area contributed by atoms with Crippen LogP contribution >= 0.6 is 0 Å². The minimum absolute atomic E-state index is 0.0378. The maximum atomic E-state index is 13.4. The molecule has 2 aliphatic carbocycles. The lowest BCUT2D eigenvalue weighted by Gasteiger charge is -2.48. The van der Waals surface area contributed by atoms with Crippen molar-refractivity contribution in [3.05, 3.63) is 0 Å². The number of rotatable bonds is 22. The fourth-order valence-electron chi connectivity index (χ4n) is 13.7. The van der Waals surface area contributed by atoms with E-state index in [-0.39, 0.29) is 89.6 Å². The molecule has 8 saturated heterocycles. The van der Waals surface area contributed by atoms with Crippen LogP contribution in [-0.4, -0.2) is 330 Å². The van der Waals surface area contributed by atoms with E-state index in [2.05, 4.69) is 16.0 Å². The Hall–Kier alpha value is -3.03. The molecule has 10 rings (SSSR count). The van der Waals surface area contributed by atoms with Crippen molar-refractivity contribution in [3.63, 3.8) is 0 Å². The smallest absolute Gasteiger partial charge is 0.410 e. The molecular weight excluding hydrogens is 1290 g/mol. The summed E-state index contributed by atoms with van der Waals surface area (Å²) in [4.78, 5) is 39.8. The third kappa shape index (κ3) is 18.5. The summed E-state index contributed by atoms with van der Waals surface area (Å²) >= 11 is 0. The summed E-state index contributed by atoms with van der Waals surface area (Å²) in [5, 5.41) is 96.0. The number of nitrogens with one attached hydrogen (secondary N) is 3. The Morgan fingerprint density at radius 1 is 0.464 bits per heavy atom. The molecule has 8 heterocycles. The summed E-state index contributed by atoms with van der Waals surface area (Å²) in [5.74, 6) is -1.53. The molecule has 0 aromatic heterocycles. The van der Waals surface area contributed by atoms with E-state index in [4.69, 9.17) is 119 Å². The van der Waals surface area contributed by atoms with Gasteiger partial charge in [0.25, 0.3) is 11.8 Å². The van der Waals surface area contributed by atoms with Crippen LogP contribution in [0.15, 0.2) is 0 Å². The van der Waals surface area contributed by atoms with E-state index in [1.807, 2.05) is 0 Å². The van der Waals surface area contributed by atoms with Crippen molar-refractivity contribution in [3.8, 4) is 0 Å². The van der Waals surface area contributed by atoms with Gasteiger partial charge in [0.2, 0.25) is 0 Å². The van der Waals surface area contributed by atoms with Gasteiger partial charge in [-0.3, -0.25) is 9.59 Å². The minimum atomic E-state index is -1.96. The normalized spacial score (nSPS) is 44.4. The number of nitrogens with zero attached hydrogens (tertiary/aromatic N) is 1. The number of carbonyl (C=O) groups excluding carboxylic acids is 3. The van der Waals surface area contributed by atoms with Gasteiger partial charge in [0.05, 0.1) is 87.0 Å². The first-order valence-electron chi connectivity index (χ1n) is 33.8. The molecule has 0 aromatic rings. The Labute approximate surface area is 562 Å². The van der Waals surface area contributed by atoms with Crippen LogP contribution in [0.5, 0.6) is 0 Å². The first-order valence-corrected chi connectivity index (χ1v) is 33.8. The molecule has 97 heavy (non-hydrogen) atoms. The molecule has 31 N–H and O–H groups in total. The van der Waals surface area contributed by atoms with Gasteiger partial charge in [-0.1, -0.05) is 0 Å². The molecule has 30 atom stereocenters. The highest BCUT2D eigenvalue weighted by atomic mass is 16.8. The van der Waals surface area contributed by atoms with Crippen LogP contribution in [0, 0.1) is 0 Å². The number of carbonyl (C=O) groups is 3. The molecule has 0 spiro atoms. The molecule has 2 saturated carbocycles. The maximum absolute atomic E-state index is 13.4. The van der Waals surface area contributed by atoms with Gasteiger partial charge in [0.1, 0.15) is 78.8 Å². The van der Waals surface area contributed by atoms with Crippen LogP contribution in [0.25, 0.3) is 0 Å². The molecular formula is C59H110N14O24. The second-order valence-corrected chi connectivity index (χ2v) is 28.4. The SMILES string of the molecule is CC(C)(C)OC(=O)N1CC(O)(C(=O)N[C@@H]2C[C@H](N)[C@@H](O[C@H]3O[C@H](CN)CC[C@H]3N)[C@H](O[C@@H]3O[C@H](CO)[C@@H](O[C@H]4O[C@@H](CN)CC[C@H]4N)[C@H]3O)[C@H]2O)C1.NC[C@@H]1CC[C@@H](N)[C@@H](O[C@H]2[C@H](O[C@@H]3O[C@H](CO)[C@@H](O[C@H]4O[C@@H](CN)CC[C@H]4N)[C@H]3O)[C@@H](O)[C@H](NC(=O)C3(O)CNC3)C[C@@H]2N)O1. The van der Waals surface area contributed by atoms with Crippen molar-refractivity contribution >= 4 is 17.9 Å². The van der Waals surface area contributed by atoms with Gasteiger partial charge in [0, 0.05) is 51.4 Å². The molecule has 10 aliphatic rings. The predicted octanol–water partition coefficient (Wildman–Crippen LogP) is -10.9. The average Bonchev–Trinajstić information content (AvgIpc) is 1.64. The molecule has 10 fully saturated rings. The van der Waals surface area contributed by atoms with Gasteiger partial charge in [0.15, 0.2) is 48.9 Å². The van der Waals surface area contributed by atoms with Crippen molar-refractivity contribution in [2.45, 2.75) is 286 Å². The van der Waals surface area contributed by atoms with Gasteiger partial charge < -0.3 is 181 Å². The quantitative estimate of drug-likeness (QED) is 0.0479. The number of likely N-dealkylation sites (tertiary alicyclic amines) is 1. The lowest BCUT2D eigenvalue weighted by Crippen LogP contribution is -2.73. The molecule has 0 bridgehead atoms. The number of aliphatic hydroxyl groups excluding tert-OH is 6. The number of hydrogen-bond acceptors (Lipinski definition) is 35. The van der Waals surface area contributed by atoms with Crippen LogP contribution in [-0.2, 0) is 71.2 Å². The zero-order valence-electron chi connectivity index (χ0n) is 55.3. The Kier molecular flexibility index (Phi) is 27.1. The van der Waals surface area contributed by atoms with E-state index in [1.165, 1.54) is 4.90 Å². The Morgan fingerprint density at radius 2 is 0.784 bits per heavy atom. The van der Waals surface area contributed by atoms with Crippen LogP contribution in [0.3, 0.4) is 0 Å². The predicted molar refractivity (Wildman–Crippen MR) is 334 cm³/mol. The van der Waals surface area contributed by atoms with E-state index in [0.717, 1.165) is 0 Å². The molecule has 8 aliphatic heterocycles. The summed E-state index contributed by atoms with van der Waals surface area (Å²) in [5.41, 5.74) is 57.1. The van der Waals surface area contributed by atoms with Crippen molar-refractivity contribution in [1.82, 2.24) is 20.9 Å². The van der Waals surface area contributed by atoms with Crippen molar-refractivity contribution < 1.29 is 117 Å². The van der Waals surface area contributed by atoms with E-state index in [1.54, 1.807) is 20.8 Å². The van der Waals surface area contributed by atoms with Crippen LogP contribution < -0.4 is 73.3 Å². The number of ether oxygens (including phenoxy) is 13. The van der Waals surface area contributed by atoms with E-state index in [9.17, 15) is 55.2 Å². The molecule has 38 nitrogen and oxygen atoms in total. The third-order valence-electron chi connectivity index (χ3n) is 19.6. The lowest BCUT2D eigenvalue weighted by atomic mass is 9.83. The molecule has 0 radical (unpaired) electrons. The van der Waals surface area contributed by atoms with Gasteiger partial charge in [-0.05, 0) is 85.0 Å². The standard InChI is InChI=1S/C32H59N7O13.C27H51N7O11/c1-31(2,3)52-30(44)39-12-32(45,13-39)29(43)38-19-8-18(37)23(49-26-16(35)6-4-14(9-33)46-26)25(21(19)41)51-28-22(42)24(20(11-40)48-28)50-27-17(36)7-5-15(10-34)47-27;28-6-11-1-3-13(30)23(40-11)43-20-15(32)5-16(34-26(38)27(39)9-33-10-27)18(36)22(20)45-25-19(37)21(17(8-35)42-25)44-24-14(31)4-2-12(7-29)41-24/h14-28,40-42,45H,4-13,33-37H2,1-3H3,(H,38,43);11-25,33,35-37,39H,1-10,28-32H2,(H,34,38)/t14-,15+,16+,17+,18-,19+,20+,21-,22+,23+,24+,25+,26+,27+,28-;11-,12+,13+,14+,15-,16+,17+,18-,19+,20+,21+,22+,23+,24+,25-/m00/s1. The first kappa shape index (κ1) is 78.1. The highest BCUT2D eigenvalue weighted by Crippen LogP contribution is 2.38. The second-order valence-electron chi connectivity index (χ2n) is 28.4. The maximum Gasteiger partial charge on any atom is 0.410 e. The lowest BCUT2D eigenvalue weighted by molar-refractivity contribution is -0.288. The molecule has 38 heteroatoms. The summed E-state index contributed by atoms with van der Waals surface area (Å²) in [7, 11) is 0. The Morgan fingerprint density at radius 3 is 1.08 bits per heavy atom. The van der Waals surface area contributed by atoms with Crippen molar-refractivity contribution in [2.75, 3.05) is 65.6 Å². The highest BCUT2D eigenvalue weighted by Gasteiger charge is 2.58. The number of hydrogen-bond donors (Lipinski definition) is 21. The van der Waals surface area contributed by atoms with Gasteiger partial charge in [-0.15, -0.1) is 0 Å². The number of amides is 3. The van der Waals surface area contributed by atoms with Gasteiger partial charge in [-0.25, -0.2) is 4.79 Å². The number of β-amino-alcohol motifs (C(OH)–C–C–N with tert-alkyl or cyclic N) is 2. The topological polar surface area (TPSA) is 633 Å². The first-order chi connectivity index (χ1) is 45.9. The number of nitrogens with two attached hydrogens (primary N) is 10. The molecule has 0 aromatic carbocycles. The fraction of sp³-hybridized carbons (Fsp3) is 0.949. The van der Waals surface area contributed by atoms with E-state index < -0.39 is 207 Å². The Balaban J connectivity index is 0.000000230. The van der Waals surface area contributed by atoms with E-state index >= 15 is 0 Å². The monoisotopic (exact) mass is 1400 g/mol. The van der Waals surface area contributed by atoms with E-state index in [0.29, 0.717) is 51.4 Å². The summed E-state index contributed by atoms with van der Waals surface area (Å²) in [6, 6.07) is -5.90. The zero-order valence-corrected chi connectivity index (χ0v) is 55.3. The van der Waals surface area contributed by atoms with Gasteiger partial charge >= 0.3 is 6.09 Å². The fourth-order valence-corrected chi connectivity index (χ4v) is 13.7. The van der Waals surface area contributed by atoms with Crippen LogP contribution in [0.2, 0.25) is 0 Å². The Bertz CT molecular complexity index is 2530. The highest BCUT2D eigenvalue weighted by molar-refractivity contribution is 5.89. The molecule has 560 valence electrons.